The smallest absolute Gasteiger partial charge is 0.334 e. The Morgan fingerprint density at radius 2 is 2.25 bits per heavy atom. The van der Waals surface area contributed by atoms with Crippen molar-refractivity contribution in [3.05, 3.63) is 0 Å². The Balaban J connectivity index is 2.30. The summed E-state index contributed by atoms with van der Waals surface area (Å²) in [6.07, 6.45) is 2.08. The maximum atomic E-state index is 11.3. The second-order valence-corrected chi connectivity index (χ2v) is 3.25. The topological polar surface area (TPSA) is 41.6 Å². The third kappa shape index (κ3) is 2.70. The Morgan fingerprint density at radius 3 is 2.75 bits per heavy atom. The first-order valence-electron chi connectivity index (χ1n) is 4.41. The van der Waals surface area contributed by atoms with Crippen LogP contribution in [0.2, 0.25) is 0 Å². The summed E-state index contributed by atoms with van der Waals surface area (Å²) in [5, 5.41) is 4.18. The predicted octanol–water partition coefficient (Wildman–Crippen LogP) is 1.13. The van der Waals surface area contributed by atoms with Gasteiger partial charge in [0.05, 0.1) is 13.2 Å². The molecule has 1 heterocycles. The number of amides is 2. The van der Waals surface area contributed by atoms with Gasteiger partial charge < -0.3 is 5.32 Å². The highest BCUT2D eigenvalue weighted by Crippen LogP contribution is 2.05. The lowest BCUT2D eigenvalue weighted by atomic mass is 10.3. The lowest BCUT2D eigenvalue weighted by molar-refractivity contribution is -0.139. The molecule has 4 heteroatoms. The van der Waals surface area contributed by atoms with Gasteiger partial charge in [-0.25, -0.2) is 9.86 Å². The molecule has 4 nitrogen and oxygen atoms in total. The highest BCUT2D eigenvalue weighted by molar-refractivity contribution is 5.73. The summed E-state index contributed by atoms with van der Waals surface area (Å²) in [5.74, 6) is 0. The molecule has 1 aliphatic rings. The number of urea groups is 1. The fourth-order valence-electron chi connectivity index (χ4n) is 1.08. The van der Waals surface area contributed by atoms with Gasteiger partial charge in [-0.15, -0.1) is 0 Å². The summed E-state index contributed by atoms with van der Waals surface area (Å²) < 4.78 is 0. The number of hydroxylamine groups is 2. The minimum atomic E-state index is -0.121. The van der Waals surface area contributed by atoms with Gasteiger partial charge in [0, 0.05) is 6.04 Å². The van der Waals surface area contributed by atoms with Crippen molar-refractivity contribution in [2.24, 2.45) is 0 Å². The van der Waals surface area contributed by atoms with Gasteiger partial charge in [-0.3, -0.25) is 4.84 Å². The van der Waals surface area contributed by atoms with Crippen LogP contribution in [0.1, 0.15) is 26.7 Å². The molecule has 0 aliphatic carbocycles. The van der Waals surface area contributed by atoms with E-state index in [2.05, 4.69) is 5.32 Å². The van der Waals surface area contributed by atoms with Crippen LogP contribution < -0.4 is 5.32 Å². The number of carbonyl (C=O) groups is 1. The van der Waals surface area contributed by atoms with E-state index in [4.69, 9.17) is 4.84 Å². The van der Waals surface area contributed by atoms with Crippen molar-refractivity contribution in [3.63, 3.8) is 0 Å². The van der Waals surface area contributed by atoms with Crippen LogP contribution in [0.3, 0.4) is 0 Å². The number of nitrogens with one attached hydrogen (secondary N) is 1. The van der Waals surface area contributed by atoms with Gasteiger partial charge >= 0.3 is 6.03 Å². The standard InChI is InChI=1S/C8H16N2O2/c1-7(2)9-8(11)10-5-3-4-6-12-10/h7H,3-6H2,1-2H3,(H,9,11). The fraction of sp³-hybridized carbons (Fsp3) is 0.875. The molecule has 1 saturated heterocycles. The van der Waals surface area contributed by atoms with Crippen LogP contribution in [0.25, 0.3) is 0 Å². The summed E-state index contributed by atoms with van der Waals surface area (Å²) in [5.41, 5.74) is 0. The lowest BCUT2D eigenvalue weighted by Gasteiger charge is -2.26. The van der Waals surface area contributed by atoms with Crippen molar-refractivity contribution in [2.45, 2.75) is 32.7 Å². The van der Waals surface area contributed by atoms with Gasteiger partial charge in [0.25, 0.3) is 0 Å². The van der Waals surface area contributed by atoms with E-state index < -0.39 is 0 Å². The molecule has 12 heavy (non-hydrogen) atoms. The van der Waals surface area contributed by atoms with Crippen LogP contribution in [0, 0.1) is 0 Å². The molecular formula is C8H16N2O2. The highest BCUT2D eigenvalue weighted by Gasteiger charge is 2.17. The normalized spacial score (nSPS) is 18.1. The van der Waals surface area contributed by atoms with E-state index in [0.29, 0.717) is 13.2 Å². The van der Waals surface area contributed by atoms with Crippen molar-refractivity contribution in [3.8, 4) is 0 Å². The molecule has 0 spiro atoms. The first-order valence-corrected chi connectivity index (χ1v) is 4.41. The van der Waals surface area contributed by atoms with Crippen LogP contribution in [-0.2, 0) is 4.84 Å². The van der Waals surface area contributed by atoms with E-state index >= 15 is 0 Å². The molecule has 0 radical (unpaired) electrons. The van der Waals surface area contributed by atoms with E-state index in [-0.39, 0.29) is 12.1 Å². The molecule has 1 N–H and O–H groups in total. The van der Waals surface area contributed by atoms with Crippen molar-refractivity contribution in [1.82, 2.24) is 10.4 Å². The van der Waals surface area contributed by atoms with E-state index in [1.165, 1.54) is 5.06 Å². The largest absolute Gasteiger partial charge is 0.341 e. The Morgan fingerprint density at radius 1 is 1.50 bits per heavy atom. The summed E-state index contributed by atoms with van der Waals surface area (Å²) in [6, 6.07) is 0.0488. The molecular weight excluding hydrogens is 156 g/mol. The van der Waals surface area contributed by atoms with Crippen LogP contribution in [0.5, 0.6) is 0 Å². The lowest BCUT2D eigenvalue weighted by Crippen LogP contribution is -2.45. The average molecular weight is 172 g/mol. The SMILES string of the molecule is CC(C)NC(=O)N1CCCCO1. The molecule has 0 atom stereocenters. The molecule has 0 aromatic heterocycles. The Labute approximate surface area is 72.8 Å². The molecule has 2 amide bonds. The molecule has 1 rings (SSSR count). The zero-order chi connectivity index (χ0) is 8.97. The van der Waals surface area contributed by atoms with Crippen molar-refractivity contribution >= 4 is 6.03 Å². The molecule has 1 fully saturated rings. The molecule has 0 saturated carbocycles. The zero-order valence-corrected chi connectivity index (χ0v) is 7.67. The minimum Gasteiger partial charge on any atom is -0.334 e. The number of nitrogens with zero attached hydrogens (tertiary/aromatic N) is 1. The Kier molecular flexibility index (Phi) is 3.34. The van der Waals surface area contributed by atoms with Gasteiger partial charge in [0.2, 0.25) is 0 Å². The highest BCUT2D eigenvalue weighted by atomic mass is 16.7. The van der Waals surface area contributed by atoms with Crippen molar-refractivity contribution in [2.75, 3.05) is 13.2 Å². The van der Waals surface area contributed by atoms with Gasteiger partial charge in [0.1, 0.15) is 0 Å². The van der Waals surface area contributed by atoms with E-state index in [9.17, 15) is 4.79 Å². The molecule has 0 unspecified atom stereocenters. The number of hydrogen-bond acceptors (Lipinski definition) is 2. The third-order valence-corrected chi connectivity index (χ3v) is 1.64. The van der Waals surface area contributed by atoms with Crippen LogP contribution in [0.15, 0.2) is 0 Å². The summed E-state index contributed by atoms with van der Waals surface area (Å²) in [6.45, 7) is 5.23. The number of rotatable bonds is 1. The molecule has 0 bridgehead atoms. The van der Waals surface area contributed by atoms with Gasteiger partial charge in [-0.05, 0) is 26.7 Å². The van der Waals surface area contributed by atoms with Crippen LogP contribution in [0.4, 0.5) is 4.79 Å². The summed E-state index contributed by atoms with van der Waals surface area (Å²) >= 11 is 0. The maximum absolute atomic E-state index is 11.3. The third-order valence-electron chi connectivity index (χ3n) is 1.64. The monoisotopic (exact) mass is 172 g/mol. The maximum Gasteiger partial charge on any atom is 0.341 e. The predicted molar refractivity (Wildman–Crippen MR) is 45.6 cm³/mol. The second kappa shape index (κ2) is 4.30. The summed E-state index contributed by atoms with van der Waals surface area (Å²) in [4.78, 5) is 16.5. The first kappa shape index (κ1) is 9.32. The summed E-state index contributed by atoms with van der Waals surface area (Å²) in [7, 11) is 0. The zero-order valence-electron chi connectivity index (χ0n) is 7.67. The number of hydrogen-bond donors (Lipinski definition) is 1. The fourth-order valence-corrected chi connectivity index (χ4v) is 1.08. The van der Waals surface area contributed by atoms with E-state index in [1.54, 1.807) is 0 Å². The molecule has 0 aromatic rings. The Hall–Kier alpha value is -0.770. The van der Waals surface area contributed by atoms with Crippen LogP contribution in [-0.4, -0.2) is 30.3 Å². The minimum absolute atomic E-state index is 0.121. The number of carbonyl (C=O) groups excluding carboxylic acids is 1. The van der Waals surface area contributed by atoms with Gasteiger partial charge in [-0.1, -0.05) is 0 Å². The van der Waals surface area contributed by atoms with Gasteiger partial charge in [0.15, 0.2) is 0 Å². The molecule has 1 aliphatic heterocycles. The quantitative estimate of drug-likeness (QED) is 0.644. The van der Waals surface area contributed by atoms with Crippen molar-refractivity contribution < 1.29 is 9.63 Å². The van der Waals surface area contributed by atoms with Gasteiger partial charge in [-0.2, -0.15) is 0 Å². The second-order valence-electron chi connectivity index (χ2n) is 3.25. The molecule has 0 aromatic carbocycles. The Bertz CT molecular complexity index is 153. The van der Waals surface area contributed by atoms with E-state index in [1.807, 2.05) is 13.8 Å². The first-order chi connectivity index (χ1) is 5.70. The molecule has 70 valence electrons. The van der Waals surface area contributed by atoms with Crippen LogP contribution >= 0.6 is 0 Å². The van der Waals surface area contributed by atoms with Crippen molar-refractivity contribution in [1.29, 1.82) is 0 Å². The average Bonchev–Trinajstić information content (AvgIpc) is 2.05. The van der Waals surface area contributed by atoms with E-state index in [0.717, 1.165) is 12.8 Å².